The third-order valence-corrected chi connectivity index (χ3v) is 4.00. The molecular formula is C13H23N3O3. The first-order valence-corrected chi connectivity index (χ1v) is 7.09. The van der Waals surface area contributed by atoms with Crippen LogP contribution in [0.1, 0.15) is 19.8 Å². The lowest BCUT2D eigenvalue weighted by Crippen LogP contribution is -2.53. The van der Waals surface area contributed by atoms with Crippen LogP contribution >= 0.6 is 0 Å². The summed E-state index contributed by atoms with van der Waals surface area (Å²) < 4.78 is 5.02. The van der Waals surface area contributed by atoms with Crippen molar-refractivity contribution in [3.05, 3.63) is 0 Å². The number of carbonyl (C=O) groups is 2. The quantitative estimate of drug-likeness (QED) is 0.695. The van der Waals surface area contributed by atoms with Crippen LogP contribution in [0.5, 0.6) is 0 Å². The molecule has 0 radical (unpaired) electrons. The Kier molecular flexibility index (Phi) is 5.01. The Balaban J connectivity index is 1.74. The van der Waals surface area contributed by atoms with Crippen molar-refractivity contribution in [1.82, 2.24) is 14.7 Å². The van der Waals surface area contributed by atoms with E-state index in [-0.39, 0.29) is 6.09 Å². The second-order valence-electron chi connectivity index (χ2n) is 5.09. The predicted molar refractivity (Wildman–Crippen MR) is 70.8 cm³/mol. The summed E-state index contributed by atoms with van der Waals surface area (Å²) in [4.78, 5) is 28.3. The lowest BCUT2D eigenvalue weighted by molar-refractivity contribution is -0.120. The molecule has 19 heavy (non-hydrogen) atoms. The minimum atomic E-state index is -0.188. The maximum atomic E-state index is 11.6. The summed E-state index contributed by atoms with van der Waals surface area (Å²) in [5, 5.41) is 0. The molecule has 2 heterocycles. The minimum Gasteiger partial charge on any atom is -0.450 e. The van der Waals surface area contributed by atoms with E-state index < -0.39 is 0 Å². The Morgan fingerprint density at radius 3 is 2.32 bits per heavy atom. The number of amides is 2. The molecule has 2 rings (SSSR count). The Morgan fingerprint density at radius 2 is 1.79 bits per heavy atom. The average Bonchev–Trinajstić information content (AvgIpc) is 2.48. The van der Waals surface area contributed by atoms with Crippen molar-refractivity contribution in [3.63, 3.8) is 0 Å². The highest BCUT2D eigenvalue weighted by molar-refractivity contribution is 5.67. The molecule has 6 heteroatoms. The molecule has 0 N–H and O–H groups in total. The Labute approximate surface area is 114 Å². The van der Waals surface area contributed by atoms with Gasteiger partial charge in [-0.05, 0) is 19.8 Å². The smallest absolute Gasteiger partial charge is 0.409 e. The van der Waals surface area contributed by atoms with E-state index in [2.05, 4.69) is 4.90 Å². The SMILES string of the molecule is CCOC(=O)N1CCC(N2CCN(C=O)CC2)CC1. The van der Waals surface area contributed by atoms with Gasteiger partial charge in [-0.2, -0.15) is 0 Å². The summed E-state index contributed by atoms with van der Waals surface area (Å²) in [5.74, 6) is 0. The van der Waals surface area contributed by atoms with E-state index >= 15 is 0 Å². The van der Waals surface area contributed by atoms with Crippen molar-refractivity contribution >= 4 is 12.5 Å². The topological polar surface area (TPSA) is 53.1 Å². The van der Waals surface area contributed by atoms with E-state index in [9.17, 15) is 9.59 Å². The zero-order chi connectivity index (χ0) is 13.7. The standard InChI is InChI=1S/C13H23N3O3/c1-2-19-13(18)16-5-3-12(4-6-16)15-9-7-14(11-17)8-10-15/h11-12H,2-10H2,1H3. The molecule has 0 saturated carbocycles. The van der Waals surface area contributed by atoms with Gasteiger partial charge in [-0.15, -0.1) is 0 Å². The summed E-state index contributed by atoms with van der Waals surface area (Å²) in [6.07, 6.45) is 2.74. The molecule has 2 aliphatic rings. The minimum absolute atomic E-state index is 0.188. The highest BCUT2D eigenvalue weighted by atomic mass is 16.6. The highest BCUT2D eigenvalue weighted by Gasteiger charge is 2.29. The van der Waals surface area contributed by atoms with E-state index in [1.165, 1.54) is 0 Å². The number of piperazine rings is 1. The van der Waals surface area contributed by atoms with E-state index in [1.54, 1.807) is 4.90 Å². The number of nitrogens with zero attached hydrogens (tertiary/aromatic N) is 3. The molecule has 0 bridgehead atoms. The van der Waals surface area contributed by atoms with Gasteiger partial charge in [0.2, 0.25) is 6.41 Å². The van der Waals surface area contributed by atoms with Gasteiger partial charge in [0.25, 0.3) is 0 Å². The molecule has 0 aliphatic carbocycles. The van der Waals surface area contributed by atoms with Crippen molar-refractivity contribution < 1.29 is 14.3 Å². The Hall–Kier alpha value is -1.30. The van der Waals surface area contributed by atoms with E-state index in [0.29, 0.717) is 12.6 Å². The first kappa shape index (κ1) is 14.1. The van der Waals surface area contributed by atoms with Crippen LogP contribution in [0.3, 0.4) is 0 Å². The first-order valence-electron chi connectivity index (χ1n) is 7.09. The number of carbonyl (C=O) groups excluding carboxylic acids is 2. The summed E-state index contributed by atoms with van der Waals surface area (Å²) in [5.41, 5.74) is 0. The van der Waals surface area contributed by atoms with Crippen molar-refractivity contribution in [3.8, 4) is 0 Å². The number of hydrogen-bond acceptors (Lipinski definition) is 4. The zero-order valence-electron chi connectivity index (χ0n) is 11.6. The fourth-order valence-corrected chi connectivity index (χ4v) is 2.84. The maximum absolute atomic E-state index is 11.6. The van der Waals surface area contributed by atoms with Crippen LogP contribution in [-0.4, -0.2) is 79.1 Å². The van der Waals surface area contributed by atoms with Crippen LogP contribution in [0, 0.1) is 0 Å². The van der Waals surface area contributed by atoms with Gasteiger partial charge in [0.1, 0.15) is 0 Å². The van der Waals surface area contributed by atoms with Crippen molar-refractivity contribution in [1.29, 1.82) is 0 Å². The van der Waals surface area contributed by atoms with Crippen molar-refractivity contribution in [2.24, 2.45) is 0 Å². The van der Waals surface area contributed by atoms with Gasteiger partial charge in [-0.1, -0.05) is 0 Å². The second kappa shape index (κ2) is 6.75. The van der Waals surface area contributed by atoms with Gasteiger partial charge >= 0.3 is 6.09 Å². The van der Waals surface area contributed by atoms with E-state index in [0.717, 1.165) is 58.5 Å². The summed E-state index contributed by atoms with van der Waals surface area (Å²) in [6.45, 7) is 7.35. The summed E-state index contributed by atoms with van der Waals surface area (Å²) in [7, 11) is 0. The number of piperidine rings is 1. The Bertz CT molecular complexity index is 308. The van der Waals surface area contributed by atoms with E-state index in [1.807, 2.05) is 11.8 Å². The molecule has 0 aromatic rings. The molecule has 0 unspecified atom stereocenters. The molecule has 0 aromatic heterocycles. The second-order valence-corrected chi connectivity index (χ2v) is 5.09. The summed E-state index contributed by atoms with van der Waals surface area (Å²) in [6, 6.07) is 0.541. The lowest BCUT2D eigenvalue weighted by Gasteiger charge is -2.41. The van der Waals surface area contributed by atoms with Crippen LogP contribution in [0.25, 0.3) is 0 Å². The molecule has 108 valence electrons. The van der Waals surface area contributed by atoms with Gasteiger partial charge in [0.05, 0.1) is 6.61 Å². The monoisotopic (exact) mass is 269 g/mol. The Morgan fingerprint density at radius 1 is 1.16 bits per heavy atom. The number of likely N-dealkylation sites (tertiary alicyclic amines) is 1. The fraction of sp³-hybridized carbons (Fsp3) is 0.846. The molecule has 2 amide bonds. The van der Waals surface area contributed by atoms with Crippen LogP contribution in [0.4, 0.5) is 4.79 Å². The van der Waals surface area contributed by atoms with Gasteiger partial charge in [0, 0.05) is 45.3 Å². The van der Waals surface area contributed by atoms with Gasteiger partial charge < -0.3 is 14.5 Å². The molecule has 0 spiro atoms. The molecular weight excluding hydrogens is 246 g/mol. The molecule has 2 saturated heterocycles. The van der Waals surface area contributed by atoms with Crippen LogP contribution in [-0.2, 0) is 9.53 Å². The highest BCUT2D eigenvalue weighted by Crippen LogP contribution is 2.18. The number of ether oxygens (including phenoxy) is 1. The fourth-order valence-electron chi connectivity index (χ4n) is 2.84. The molecule has 0 aromatic carbocycles. The van der Waals surface area contributed by atoms with Crippen LogP contribution in [0.2, 0.25) is 0 Å². The van der Waals surface area contributed by atoms with Gasteiger partial charge in [-0.25, -0.2) is 4.79 Å². The molecule has 0 atom stereocenters. The number of hydrogen-bond donors (Lipinski definition) is 0. The molecule has 2 fully saturated rings. The van der Waals surface area contributed by atoms with Crippen LogP contribution < -0.4 is 0 Å². The average molecular weight is 269 g/mol. The first-order chi connectivity index (χ1) is 9.24. The zero-order valence-corrected chi connectivity index (χ0v) is 11.6. The third kappa shape index (κ3) is 3.59. The number of rotatable bonds is 3. The largest absolute Gasteiger partial charge is 0.450 e. The van der Waals surface area contributed by atoms with Crippen molar-refractivity contribution in [2.45, 2.75) is 25.8 Å². The normalized spacial score (nSPS) is 22.4. The summed E-state index contributed by atoms with van der Waals surface area (Å²) >= 11 is 0. The van der Waals surface area contributed by atoms with Gasteiger partial charge in [0.15, 0.2) is 0 Å². The van der Waals surface area contributed by atoms with Gasteiger partial charge in [-0.3, -0.25) is 9.69 Å². The van der Waals surface area contributed by atoms with E-state index in [4.69, 9.17) is 4.74 Å². The van der Waals surface area contributed by atoms with Crippen LogP contribution in [0.15, 0.2) is 0 Å². The predicted octanol–water partition coefficient (Wildman–Crippen LogP) is 0.381. The third-order valence-electron chi connectivity index (χ3n) is 4.00. The van der Waals surface area contributed by atoms with Crippen molar-refractivity contribution in [2.75, 3.05) is 45.9 Å². The lowest BCUT2D eigenvalue weighted by atomic mass is 10.0. The maximum Gasteiger partial charge on any atom is 0.409 e. The molecule has 2 aliphatic heterocycles. The molecule has 6 nitrogen and oxygen atoms in total.